The summed E-state index contributed by atoms with van der Waals surface area (Å²) in [6.45, 7) is 1.75. The molecule has 0 aliphatic heterocycles. The Morgan fingerprint density at radius 3 is 2.81 bits per heavy atom. The van der Waals surface area contributed by atoms with Crippen molar-refractivity contribution in [2.45, 2.75) is 6.92 Å². The monoisotopic (exact) mass is 381 g/mol. The Morgan fingerprint density at radius 1 is 1.22 bits per heavy atom. The van der Waals surface area contributed by atoms with E-state index in [1.54, 1.807) is 32.2 Å². The summed E-state index contributed by atoms with van der Waals surface area (Å²) < 4.78 is 20.2. The molecule has 0 fully saturated rings. The molecule has 2 aromatic carbocycles. The van der Waals surface area contributed by atoms with Gasteiger partial charge in [-0.2, -0.15) is 5.10 Å². The largest absolute Gasteiger partial charge is 0.496 e. The third-order valence-electron chi connectivity index (χ3n) is 4.33. The maximum atomic E-state index is 14.1. The SMILES string of the molecule is COc1ccccc1-c1cc(NC(=O)c2sc3cccc(F)c3c2C)n[nH]1. The molecule has 0 spiro atoms. The lowest BCUT2D eigenvalue weighted by atomic mass is 10.1. The number of aromatic nitrogens is 2. The molecular weight excluding hydrogens is 365 g/mol. The van der Waals surface area contributed by atoms with Crippen molar-refractivity contribution in [3.8, 4) is 17.0 Å². The predicted molar refractivity (Wildman–Crippen MR) is 105 cm³/mol. The number of ether oxygens (including phenoxy) is 1. The number of amides is 1. The molecule has 27 heavy (non-hydrogen) atoms. The number of rotatable bonds is 4. The number of aromatic amines is 1. The lowest BCUT2D eigenvalue weighted by molar-refractivity contribution is 0.102. The Bertz CT molecular complexity index is 1150. The summed E-state index contributed by atoms with van der Waals surface area (Å²) in [5.74, 6) is 0.456. The molecule has 1 amide bonds. The fraction of sp³-hybridized carbons (Fsp3) is 0.100. The first-order valence-corrected chi connectivity index (χ1v) is 9.08. The summed E-state index contributed by atoms with van der Waals surface area (Å²) in [5.41, 5.74) is 2.20. The van der Waals surface area contributed by atoms with Crippen LogP contribution in [0.2, 0.25) is 0 Å². The number of para-hydroxylation sites is 1. The Kier molecular flexibility index (Phi) is 4.37. The van der Waals surface area contributed by atoms with Gasteiger partial charge in [0.2, 0.25) is 0 Å². The third-order valence-corrected chi connectivity index (χ3v) is 5.58. The quantitative estimate of drug-likeness (QED) is 0.523. The molecule has 2 aromatic heterocycles. The van der Waals surface area contributed by atoms with E-state index in [4.69, 9.17) is 4.74 Å². The van der Waals surface area contributed by atoms with Crippen LogP contribution >= 0.6 is 11.3 Å². The first-order chi connectivity index (χ1) is 13.1. The zero-order chi connectivity index (χ0) is 19.0. The fourth-order valence-electron chi connectivity index (χ4n) is 3.03. The van der Waals surface area contributed by atoms with Gasteiger partial charge in [-0.15, -0.1) is 11.3 Å². The number of fused-ring (bicyclic) bond motifs is 1. The Morgan fingerprint density at radius 2 is 2.04 bits per heavy atom. The molecule has 0 radical (unpaired) electrons. The minimum absolute atomic E-state index is 0.314. The number of aryl methyl sites for hydroxylation is 1. The molecule has 4 rings (SSSR count). The number of carbonyl (C=O) groups is 1. The predicted octanol–water partition coefficient (Wildman–Crippen LogP) is 5.00. The van der Waals surface area contributed by atoms with Crippen LogP contribution in [0, 0.1) is 12.7 Å². The smallest absolute Gasteiger partial charge is 0.267 e. The van der Waals surface area contributed by atoms with Crippen molar-refractivity contribution in [3.63, 3.8) is 0 Å². The van der Waals surface area contributed by atoms with Crippen LogP contribution in [0.25, 0.3) is 21.3 Å². The molecule has 0 saturated carbocycles. The minimum Gasteiger partial charge on any atom is -0.496 e. The first kappa shape index (κ1) is 17.2. The van der Waals surface area contributed by atoms with Crippen LogP contribution in [0.1, 0.15) is 15.2 Å². The number of anilines is 1. The van der Waals surface area contributed by atoms with E-state index in [-0.39, 0.29) is 11.7 Å². The highest BCUT2D eigenvalue weighted by molar-refractivity contribution is 7.21. The van der Waals surface area contributed by atoms with Gasteiger partial charge in [-0.05, 0) is 36.8 Å². The molecular formula is C20H16FN3O2S. The summed E-state index contributed by atoms with van der Waals surface area (Å²) in [4.78, 5) is 13.2. The van der Waals surface area contributed by atoms with Gasteiger partial charge in [0, 0.05) is 21.7 Å². The highest BCUT2D eigenvalue weighted by Crippen LogP contribution is 2.33. The van der Waals surface area contributed by atoms with E-state index in [0.29, 0.717) is 27.4 Å². The second-order valence-electron chi connectivity index (χ2n) is 5.99. The summed E-state index contributed by atoms with van der Waals surface area (Å²) in [7, 11) is 1.60. The second-order valence-corrected chi connectivity index (χ2v) is 7.04. The number of nitrogens with one attached hydrogen (secondary N) is 2. The summed E-state index contributed by atoms with van der Waals surface area (Å²) in [5, 5.41) is 10.3. The second kappa shape index (κ2) is 6.85. The Hall–Kier alpha value is -3.19. The summed E-state index contributed by atoms with van der Waals surface area (Å²) in [6.07, 6.45) is 0. The number of hydrogen-bond acceptors (Lipinski definition) is 4. The maximum Gasteiger partial charge on any atom is 0.267 e. The van der Waals surface area contributed by atoms with Crippen LogP contribution in [0.5, 0.6) is 5.75 Å². The fourth-order valence-corrected chi connectivity index (χ4v) is 4.15. The maximum absolute atomic E-state index is 14.1. The zero-order valence-electron chi connectivity index (χ0n) is 14.7. The molecule has 0 aliphatic rings. The van der Waals surface area contributed by atoms with Gasteiger partial charge in [0.1, 0.15) is 11.6 Å². The summed E-state index contributed by atoms with van der Waals surface area (Å²) in [6, 6.07) is 14.1. The van der Waals surface area contributed by atoms with E-state index in [9.17, 15) is 9.18 Å². The number of nitrogens with zero attached hydrogens (tertiary/aromatic N) is 1. The van der Waals surface area contributed by atoms with Gasteiger partial charge >= 0.3 is 0 Å². The van der Waals surface area contributed by atoms with Crippen LogP contribution in [0.3, 0.4) is 0 Å². The van der Waals surface area contributed by atoms with Gasteiger partial charge in [-0.3, -0.25) is 9.89 Å². The van der Waals surface area contributed by atoms with Crippen molar-refractivity contribution >= 4 is 33.1 Å². The van der Waals surface area contributed by atoms with Crippen LogP contribution in [-0.2, 0) is 0 Å². The van der Waals surface area contributed by atoms with E-state index in [0.717, 1.165) is 16.0 Å². The molecule has 0 unspecified atom stereocenters. The van der Waals surface area contributed by atoms with Crippen LogP contribution < -0.4 is 10.1 Å². The average Bonchev–Trinajstić information content (AvgIpc) is 3.27. The minimum atomic E-state index is -0.321. The van der Waals surface area contributed by atoms with Gasteiger partial charge < -0.3 is 10.1 Å². The zero-order valence-corrected chi connectivity index (χ0v) is 15.5. The molecule has 4 aromatic rings. The molecule has 2 N–H and O–H groups in total. The van der Waals surface area contributed by atoms with Gasteiger partial charge in [0.25, 0.3) is 5.91 Å². The molecule has 5 nitrogen and oxygen atoms in total. The molecule has 0 aliphatic carbocycles. The van der Waals surface area contributed by atoms with Crippen molar-refractivity contribution < 1.29 is 13.9 Å². The van der Waals surface area contributed by atoms with Crippen LogP contribution in [0.4, 0.5) is 10.2 Å². The molecule has 136 valence electrons. The van der Waals surface area contributed by atoms with Crippen LogP contribution in [0.15, 0.2) is 48.5 Å². The lowest BCUT2D eigenvalue weighted by Crippen LogP contribution is -2.11. The van der Waals surface area contributed by atoms with Crippen molar-refractivity contribution in [1.29, 1.82) is 0 Å². The van der Waals surface area contributed by atoms with Gasteiger partial charge in [-0.1, -0.05) is 18.2 Å². The van der Waals surface area contributed by atoms with E-state index in [1.807, 2.05) is 24.3 Å². The Labute approximate surface area is 158 Å². The average molecular weight is 381 g/mol. The van der Waals surface area contributed by atoms with Gasteiger partial charge in [-0.25, -0.2) is 4.39 Å². The molecule has 0 saturated heterocycles. The van der Waals surface area contributed by atoms with Crippen molar-refractivity contribution in [2.75, 3.05) is 12.4 Å². The number of carbonyl (C=O) groups excluding carboxylic acids is 1. The van der Waals surface area contributed by atoms with Crippen molar-refractivity contribution in [1.82, 2.24) is 10.2 Å². The summed E-state index contributed by atoms with van der Waals surface area (Å²) >= 11 is 1.26. The molecule has 7 heteroatoms. The third kappa shape index (κ3) is 3.06. The van der Waals surface area contributed by atoms with Crippen LogP contribution in [-0.4, -0.2) is 23.2 Å². The standard InChI is InChI=1S/C20H16FN3O2S/c1-11-18-13(21)7-5-9-16(18)27-19(11)20(25)22-17-10-14(23-24-17)12-6-3-4-8-15(12)26-2/h3-10H,1-2H3,(H2,22,23,24,25). The highest BCUT2D eigenvalue weighted by Gasteiger charge is 2.19. The normalized spacial score (nSPS) is 10.9. The number of thiophene rings is 1. The number of H-pyrrole nitrogens is 1. The number of halogens is 1. The van der Waals surface area contributed by atoms with E-state index in [1.165, 1.54) is 17.4 Å². The van der Waals surface area contributed by atoms with Gasteiger partial charge in [0.05, 0.1) is 17.7 Å². The number of benzene rings is 2. The highest BCUT2D eigenvalue weighted by atomic mass is 32.1. The molecule has 0 atom stereocenters. The van der Waals surface area contributed by atoms with E-state index < -0.39 is 0 Å². The Balaban J connectivity index is 1.62. The number of methoxy groups -OCH3 is 1. The topological polar surface area (TPSA) is 67.0 Å². The van der Waals surface area contributed by atoms with E-state index >= 15 is 0 Å². The van der Waals surface area contributed by atoms with Gasteiger partial charge in [0.15, 0.2) is 5.82 Å². The molecule has 0 bridgehead atoms. The van der Waals surface area contributed by atoms with Crippen molar-refractivity contribution in [3.05, 3.63) is 64.8 Å². The van der Waals surface area contributed by atoms with Crippen molar-refractivity contribution in [2.24, 2.45) is 0 Å². The number of hydrogen-bond donors (Lipinski definition) is 2. The first-order valence-electron chi connectivity index (χ1n) is 8.26. The van der Waals surface area contributed by atoms with E-state index in [2.05, 4.69) is 15.5 Å². The molecule has 2 heterocycles. The lowest BCUT2D eigenvalue weighted by Gasteiger charge is -2.05.